The molecule has 0 radical (unpaired) electrons. The number of oxime groups is 1. The Hall–Kier alpha value is -4.25. The van der Waals surface area contributed by atoms with Crippen molar-refractivity contribution in [3.8, 4) is 5.88 Å². The van der Waals surface area contributed by atoms with Crippen molar-refractivity contribution in [2.24, 2.45) is 5.16 Å². The summed E-state index contributed by atoms with van der Waals surface area (Å²) in [6.07, 6.45) is 3.46. The molecule has 0 aromatic carbocycles. The molecule has 2 aliphatic rings. The number of nitrogens with zero attached hydrogens (tertiary/aromatic N) is 7. The number of hydrogen-bond acceptors (Lipinski definition) is 12. The van der Waals surface area contributed by atoms with Gasteiger partial charge in [-0.05, 0) is 5.10 Å². The zero-order chi connectivity index (χ0) is 25.6. The molecule has 15 nitrogen and oxygen atoms in total. The Balaban J connectivity index is 1.36. The Kier molecular flexibility index (Phi) is 5.92. The van der Waals surface area contributed by atoms with Crippen molar-refractivity contribution >= 4 is 57.6 Å². The van der Waals surface area contributed by atoms with E-state index in [-0.39, 0.29) is 23.2 Å². The van der Waals surface area contributed by atoms with Crippen LogP contribution in [0.4, 0.5) is 5.13 Å². The van der Waals surface area contributed by atoms with Crippen molar-refractivity contribution < 1.29 is 34.0 Å². The lowest BCUT2D eigenvalue weighted by molar-refractivity contribution is -0.662. The minimum atomic E-state index is -1.25. The van der Waals surface area contributed by atoms with E-state index in [4.69, 9.17) is 10.5 Å². The highest BCUT2D eigenvalue weighted by atomic mass is 32.2. The Morgan fingerprint density at radius 1 is 1.42 bits per heavy atom. The van der Waals surface area contributed by atoms with Gasteiger partial charge in [0, 0.05) is 35.0 Å². The number of aromatic nitrogens is 5. The number of carbonyl (C=O) groups is 3. The Bertz CT molecular complexity index is 1460. The van der Waals surface area contributed by atoms with Crippen LogP contribution in [0.1, 0.15) is 5.82 Å². The highest BCUT2D eigenvalue weighted by Gasteiger charge is 2.54. The van der Waals surface area contributed by atoms with Crippen molar-refractivity contribution in [1.82, 2.24) is 29.2 Å². The highest BCUT2D eigenvalue weighted by Crippen LogP contribution is 2.40. The van der Waals surface area contributed by atoms with Crippen molar-refractivity contribution in [3.05, 3.63) is 41.6 Å². The summed E-state index contributed by atoms with van der Waals surface area (Å²) in [4.78, 5) is 42.7. The SMILES string of the molecule is COc1ccc2n(cc[n+]2CC2=C(C(=O)O)N3C(=O)[C@@H](NC(=O)/C(=N/O)c4nsc(N)n4)[C@H]3SC2)n1. The van der Waals surface area contributed by atoms with E-state index in [0.717, 1.165) is 16.4 Å². The summed E-state index contributed by atoms with van der Waals surface area (Å²) in [7, 11) is 1.51. The van der Waals surface area contributed by atoms with Crippen LogP contribution < -0.4 is 20.4 Å². The molecule has 1 saturated heterocycles. The molecule has 5 rings (SSSR count). The highest BCUT2D eigenvalue weighted by molar-refractivity contribution is 8.00. The first kappa shape index (κ1) is 23.5. The molecule has 3 aromatic rings. The molecule has 5 N–H and O–H groups in total. The molecule has 36 heavy (non-hydrogen) atoms. The Morgan fingerprint density at radius 3 is 2.89 bits per heavy atom. The number of imidazole rings is 1. The average molecular weight is 533 g/mol. The largest absolute Gasteiger partial charge is 0.479 e. The molecule has 186 valence electrons. The lowest BCUT2D eigenvalue weighted by Crippen LogP contribution is -2.71. The Labute approximate surface area is 210 Å². The number of nitrogen functional groups attached to an aromatic ring is 1. The molecule has 2 aliphatic heterocycles. The number of anilines is 1. The standard InChI is InChI=1S/C19H17N9O6S2/c1-34-9-2-3-10-26(4-5-27(10)23-9)6-8-7-35-17-12(16(30)28(17)13(8)18(31)32)21-15(29)11(24-33)14-22-19(20)36-25-14/h2-5,12,17H,6-7H2,1H3,(H4-,20,21,22,25,29,31,32,33)/p+1/t12-,17-/m1/s1. The lowest BCUT2D eigenvalue weighted by atomic mass is 10.0. The van der Waals surface area contributed by atoms with Crippen LogP contribution in [0.15, 0.2) is 41.0 Å². The third-order valence-corrected chi connectivity index (χ3v) is 7.46. The van der Waals surface area contributed by atoms with E-state index in [9.17, 15) is 24.7 Å². The van der Waals surface area contributed by atoms with Crippen LogP contribution in [0.25, 0.3) is 5.65 Å². The van der Waals surface area contributed by atoms with E-state index >= 15 is 0 Å². The summed E-state index contributed by atoms with van der Waals surface area (Å²) in [6.45, 7) is 0.213. The zero-order valence-corrected chi connectivity index (χ0v) is 20.1. The number of ether oxygens (including phenoxy) is 1. The van der Waals surface area contributed by atoms with E-state index in [2.05, 4.69) is 24.9 Å². The van der Waals surface area contributed by atoms with Gasteiger partial charge in [0.2, 0.25) is 11.5 Å². The maximum atomic E-state index is 12.9. The van der Waals surface area contributed by atoms with Gasteiger partial charge in [0.15, 0.2) is 11.3 Å². The zero-order valence-electron chi connectivity index (χ0n) is 18.4. The number of aliphatic carboxylic acids is 1. The number of β-lactam (4-membered cyclic amide) rings is 1. The summed E-state index contributed by atoms with van der Waals surface area (Å²) < 4.78 is 12.4. The fourth-order valence-electron chi connectivity index (χ4n) is 3.96. The number of amides is 2. The van der Waals surface area contributed by atoms with Gasteiger partial charge in [-0.2, -0.15) is 9.36 Å². The maximum Gasteiger partial charge on any atom is 0.352 e. The van der Waals surface area contributed by atoms with Crippen molar-refractivity contribution in [3.63, 3.8) is 0 Å². The van der Waals surface area contributed by atoms with Crippen LogP contribution in [0, 0.1) is 0 Å². The second-order valence-corrected chi connectivity index (χ2v) is 9.52. The van der Waals surface area contributed by atoms with E-state index in [1.165, 1.54) is 18.9 Å². The van der Waals surface area contributed by atoms with E-state index in [1.54, 1.807) is 29.0 Å². The van der Waals surface area contributed by atoms with Crippen molar-refractivity contribution in [2.45, 2.75) is 18.0 Å². The summed E-state index contributed by atoms with van der Waals surface area (Å²) in [6, 6.07) is 2.46. The van der Waals surface area contributed by atoms with Gasteiger partial charge in [-0.15, -0.1) is 11.8 Å². The summed E-state index contributed by atoms with van der Waals surface area (Å²) >= 11 is 2.12. The number of carboxylic acids is 1. The smallest absolute Gasteiger partial charge is 0.352 e. The number of hydrogen-bond donors (Lipinski definition) is 4. The molecule has 5 heterocycles. The number of rotatable bonds is 7. The van der Waals surface area contributed by atoms with Gasteiger partial charge >= 0.3 is 11.6 Å². The molecule has 0 bridgehead atoms. The number of nitrogens with two attached hydrogens (primary N) is 1. The first-order chi connectivity index (χ1) is 17.3. The van der Waals surface area contributed by atoms with Crippen LogP contribution in [0.2, 0.25) is 0 Å². The fraction of sp³-hybridized carbons (Fsp3) is 0.263. The van der Waals surface area contributed by atoms with Crippen molar-refractivity contribution in [1.29, 1.82) is 0 Å². The third-order valence-electron chi connectivity index (χ3n) is 5.57. The molecule has 3 aromatic heterocycles. The molecule has 1 fully saturated rings. The monoisotopic (exact) mass is 532 g/mol. The normalized spacial score (nSPS) is 19.8. The number of methoxy groups -OCH3 is 1. The quantitative estimate of drug-likeness (QED) is 0.0924. The van der Waals surface area contributed by atoms with Crippen LogP contribution in [0.5, 0.6) is 5.88 Å². The average Bonchev–Trinajstić information content (AvgIpc) is 3.48. The molecule has 2 atom stereocenters. The first-order valence-corrected chi connectivity index (χ1v) is 12.1. The molecular weight excluding hydrogens is 514 g/mol. The fourth-order valence-corrected chi connectivity index (χ4v) is 5.73. The van der Waals surface area contributed by atoms with Crippen LogP contribution in [-0.2, 0) is 20.9 Å². The number of thioether (sulfide) groups is 1. The first-order valence-electron chi connectivity index (χ1n) is 10.3. The third kappa shape index (κ3) is 3.87. The summed E-state index contributed by atoms with van der Waals surface area (Å²) in [5.74, 6) is -2.20. The van der Waals surface area contributed by atoms with Crippen LogP contribution >= 0.6 is 23.3 Å². The predicted molar refractivity (Wildman–Crippen MR) is 124 cm³/mol. The van der Waals surface area contributed by atoms with Gasteiger partial charge < -0.3 is 26.1 Å². The van der Waals surface area contributed by atoms with Gasteiger partial charge in [-0.3, -0.25) is 14.5 Å². The second kappa shape index (κ2) is 9.08. The summed E-state index contributed by atoms with van der Waals surface area (Å²) in [5, 5.41) is 28.3. The van der Waals surface area contributed by atoms with Gasteiger partial charge in [0.1, 0.15) is 29.9 Å². The Morgan fingerprint density at radius 2 is 2.22 bits per heavy atom. The minimum Gasteiger partial charge on any atom is -0.479 e. The number of carboxylic acid groups (broad SMARTS) is 1. The topological polar surface area (TPSA) is 202 Å². The minimum absolute atomic E-state index is 0.0697. The maximum absolute atomic E-state index is 12.9. The van der Waals surface area contributed by atoms with Gasteiger partial charge in [-0.1, -0.05) is 9.67 Å². The predicted octanol–water partition coefficient (Wildman–Crippen LogP) is -1.32. The number of carbonyl (C=O) groups excluding carboxylic acids is 2. The molecule has 17 heteroatoms. The van der Waals surface area contributed by atoms with Gasteiger partial charge in [0.25, 0.3) is 17.7 Å². The van der Waals surface area contributed by atoms with Gasteiger partial charge in [-0.25, -0.2) is 9.36 Å². The molecular formula is C19H18N9O6S2+. The van der Waals surface area contributed by atoms with Crippen molar-refractivity contribution in [2.75, 3.05) is 18.6 Å². The lowest BCUT2D eigenvalue weighted by Gasteiger charge is -2.49. The molecule has 0 aliphatic carbocycles. The number of fused-ring (bicyclic) bond motifs is 2. The van der Waals surface area contributed by atoms with E-state index < -0.39 is 34.9 Å². The summed E-state index contributed by atoms with van der Waals surface area (Å²) in [5.41, 5.74) is 6.09. The van der Waals surface area contributed by atoms with Crippen LogP contribution in [0.3, 0.4) is 0 Å². The second-order valence-electron chi connectivity index (χ2n) is 7.63. The number of nitrogens with one attached hydrogen (secondary N) is 1. The van der Waals surface area contributed by atoms with Crippen LogP contribution in [-0.4, -0.2) is 82.0 Å². The van der Waals surface area contributed by atoms with Gasteiger partial charge in [0.05, 0.1) is 7.11 Å². The van der Waals surface area contributed by atoms with E-state index in [0.29, 0.717) is 22.9 Å². The van der Waals surface area contributed by atoms with E-state index in [1.807, 2.05) is 4.57 Å². The molecule has 0 unspecified atom stereocenters. The molecule has 2 amide bonds. The molecule has 0 spiro atoms. The molecule has 0 saturated carbocycles.